The van der Waals surface area contributed by atoms with Crippen molar-refractivity contribution in [3.05, 3.63) is 23.5 Å². The summed E-state index contributed by atoms with van der Waals surface area (Å²) in [7, 11) is 0. The van der Waals surface area contributed by atoms with Crippen molar-refractivity contribution in [1.29, 1.82) is 0 Å². The van der Waals surface area contributed by atoms with E-state index >= 15 is 0 Å². The number of aliphatic hydroxyl groups is 1. The van der Waals surface area contributed by atoms with Gasteiger partial charge in [0.25, 0.3) is 0 Å². The van der Waals surface area contributed by atoms with Crippen LogP contribution in [0.25, 0.3) is 6.08 Å². The maximum atomic E-state index is 9.36. The Labute approximate surface area is 74.3 Å². The number of benzene rings is 1. The fraction of sp³-hybridized carbons (Fsp3) is 0.111. The molecule has 0 saturated carbocycles. The molecule has 0 saturated heterocycles. The fourth-order valence-electron chi connectivity index (χ4n) is 1.22. The molecule has 4 heteroatoms. The molecule has 0 radical (unpaired) electrons. The van der Waals surface area contributed by atoms with E-state index in [1.54, 1.807) is 0 Å². The summed E-state index contributed by atoms with van der Waals surface area (Å²) < 4.78 is 5.06. The van der Waals surface area contributed by atoms with Gasteiger partial charge in [-0.25, -0.2) is 0 Å². The Morgan fingerprint density at radius 3 is 2.69 bits per heavy atom. The predicted molar refractivity (Wildman–Crippen MR) is 45.9 cm³/mol. The maximum Gasteiger partial charge on any atom is 0.145 e. The Kier molecular flexibility index (Phi) is 1.55. The van der Waals surface area contributed by atoms with Gasteiger partial charge in [-0.1, -0.05) is 0 Å². The van der Waals surface area contributed by atoms with Crippen LogP contribution in [0.3, 0.4) is 0 Å². The molecule has 13 heavy (non-hydrogen) atoms. The van der Waals surface area contributed by atoms with Gasteiger partial charge in [-0.05, 0) is 6.08 Å². The molecule has 0 fully saturated rings. The Hall–Kier alpha value is -1.84. The van der Waals surface area contributed by atoms with Gasteiger partial charge in [0, 0.05) is 12.1 Å². The summed E-state index contributed by atoms with van der Waals surface area (Å²) in [5.41, 5.74) is 0.390. The van der Waals surface area contributed by atoms with Crippen LogP contribution in [-0.4, -0.2) is 21.9 Å². The van der Waals surface area contributed by atoms with Crippen LogP contribution in [0, 0.1) is 0 Å². The molecule has 2 rings (SSSR count). The number of phenols is 2. The van der Waals surface area contributed by atoms with E-state index in [9.17, 15) is 5.11 Å². The number of fused-ring (bicyclic) bond motifs is 1. The van der Waals surface area contributed by atoms with Gasteiger partial charge in [0.2, 0.25) is 0 Å². The lowest BCUT2D eigenvalue weighted by molar-refractivity contribution is 0.264. The molecule has 0 amide bonds. The number of aromatic hydroxyl groups is 2. The third-order valence-corrected chi connectivity index (χ3v) is 1.79. The summed E-state index contributed by atoms with van der Waals surface area (Å²) in [6, 6.07) is 2.58. The van der Waals surface area contributed by atoms with Gasteiger partial charge in [0.1, 0.15) is 29.6 Å². The van der Waals surface area contributed by atoms with Crippen molar-refractivity contribution in [2.45, 2.75) is 0 Å². The molecule has 3 N–H and O–H groups in total. The molecule has 68 valence electrons. The van der Waals surface area contributed by atoms with Crippen molar-refractivity contribution < 1.29 is 20.1 Å². The zero-order valence-corrected chi connectivity index (χ0v) is 6.69. The molecule has 0 bridgehead atoms. The van der Waals surface area contributed by atoms with Gasteiger partial charge in [0.05, 0.1) is 5.56 Å². The monoisotopic (exact) mass is 180 g/mol. The van der Waals surface area contributed by atoms with Crippen molar-refractivity contribution in [2.75, 3.05) is 6.61 Å². The highest BCUT2D eigenvalue weighted by Crippen LogP contribution is 2.36. The van der Waals surface area contributed by atoms with Crippen LogP contribution in [0.4, 0.5) is 0 Å². The molecular formula is C9H8O4. The third kappa shape index (κ3) is 1.26. The Morgan fingerprint density at radius 2 is 1.92 bits per heavy atom. The second-order valence-electron chi connectivity index (χ2n) is 2.80. The molecule has 1 aromatic carbocycles. The number of rotatable bonds is 0. The summed E-state index contributed by atoms with van der Waals surface area (Å²) in [5.74, 6) is 0.246. The molecule has 1 aromatic rings. The van der Waals surface area contributed by atoms with Crippen molar-refractivity contribution in [3.8, 4) is 17.2 Å². The Morgan fingerprint density at radius 1 is 1.15 bits per heavy atom. The van der Waals surface area contributed by atoms with Gasteiger partial charge in [-0.2, -0.15) is 0 Å². The van der Waals surface area contributed by atoms with E-state index < -0.39 is 0 Å². The predicted octanol–water partition coefficient (Wildman–Crippen LogP) is 1.39. The van der Waals surface area contributed by atoms with Crippen molar-refractivity contribution >= 4 is 6.08 Å². The first-order valence-corrected chi connectivity index (χ1v) is 3.75. The third-order valence-electron chi connectivity index (χ3n) is 1.79. The molecular weight excluding hydrogens is 172 g/mol. The molecule has 0 unspecified atom stereocenters. The van der Waals surface area contributed by atoms with Crippen LogP contribution in [0.1, 0.15) is 5.56 Å². The lowest BCUT2D eigenvalue weighted by Gasteiger charge is -2.15. The molecule has 1 heterocycles. The lowest BCUT2D eigenvalue weighted by Crippen LogP contribution is -2.06. The highest BCUT2D eigenvalue weighted by atomic mass is 16.5. The molecule has 0 atom stereocenters. The molecule has 1 aliphatic rings. The van der Waals surface area contributed by atoms with E-state index in [1.807, 2.05) is 0 Å². The second kappa shape index (κ2) is 2.58. The van der Waals surface area contributed by atoms with Crippen molar-refractivity contribution in [2.24, 2.45) is 0 Å². The van der Waals surface area contributed by atoms with E-state index in [1.165, 1.54) is 18.2 Å². The van der Waals surface area contributed by atoms with Crippen molar-refractivity contribution in [3.63, 3.8) is 0 Å². The number of hydrogen-bond donors (Lipinski definition) is 3. The highest BCUT2D eigenvalue weighted by Gasteiger charge is 2.15. The number of hydrogen-bond acceptors (Lipinski definition) is 4. The largest absolute Gasteiger partial charge is 0.509 e. The van der Waals surface area contributed by atoms with Crippen LogP contribution >= 0.6 is 0 Å². The quantitative estimate of drug-likeness (QED) is 0.564. The normalized spacial score (nSPS) is 14.3. The molecule has 0 spiro atoms. The minimum Gasteiger partial charge on any atom is -0.509 e. The van der Waals surface area contributed by atoms with Crippen LogP contribution in [0.15, 0.2) is 17.9 Å². The minimum absolute atomic E-state index is 0.0495. The topological polar surface area (TPSA) is 69.9 Å². The molecule has 4 nitrogen and oxygen atoms in total. The van der Waals surface area contributed by atoms with Gasteiger partial charge in [0.15, 0.2) is 0 Å². The fourth-order valence-corrected chi connectivity index (χ4v) is 1.22. The second-order valence-corrected chi connectivity index (χ2v) is 2.80. The number of aliphatic hydroxyl groups excluding tert-OH is 1. The van der Waals surface area contributed by atoms with Crippen LogP contribution in [0.2, 0.25) is 0 Å². The lowest BCUT2D eigenvalue weighted by atomic mass is 10.1. The zero-order valence-electron chi connectivity index (χ0n) is 6.69. The summed E-state index contributed by atoms with van der Waals surface area (Å²) in [4.78, 5) is 0. The van der Waals surface area contributed by atoms with E-state index in [2.05, 4.69) is 0 Å². The zero-order chi connectivity index (χ0) is 9.42. The smallest absolute Gasteiger partial charge is 0.145 e. The van der Waals surface area contributed by atoms with Crippen molar-refractivity contribution in [1.82, 2.24) is 0 Å². The van der Waals surface area contributed by atoms with E-state index in [0.717, 1.165) is 0 Å². The standard InChI is InChI=1S/C9H8O4/c10-5-2-8(12)7-1-6(11)4-13-9(7)3-5/h1-3,10-12H,4H2. The maximum absolute atomic E-state index is 9.36. The van der Waals surface area contributed by atoms with Crippen LogP contribution in [-0.2, 0) is 0 Å². The summed E-state index contributed by atoms with van der Waals surface area (Å²) in [6.45, 7) is 0.0654. The SMILES string of the molecule is OC1=Cc2c(O)cc(O)cc2OC1. The van der Waals surface area contributed by atoms with Gasteiger partial charge in [-0.15, -0.1) is 0 Å². The Bertz CT molecular complexity index is 381. The molecule has 0 aliphatic carbocycles. The van der Waals surface area contributed by atoms with Gasteiger partial charge >= 0.3 is 0 Å². The molecule has 1 aliphatic heterocycles. The van der Waals surface area contributed by atoms with E-state index in [-0.39, 0.29) is 23.9 Å². The summed E-state index contributed by atoms with van der Waals surface area (Å²) >= 11 is 0. The first-order valence-electron chi connectivity index (χ1n) is 3.75. The minimum atomic E-state index is -0.110. The first kappa shape index (κ1) is 7.79. The molecule has 0 aromatic heterocycles. The number of phenolic OH excluding ortho intramolecular Hbond substituents is 2. The first-order chi connectivity index (χ1) is 6.16. The van der Waals surface area contributed by atoms with E-state index in [4.69, 9.17) is 14.9 Å². The van der Waals surface area contributed by atoms with E-state index in [0.29, 0.717) is 11.3 Å². The van der Waals surface area contributed by atoms with Gasteiger partial charge < -0.3 is 20.1 Å². The Balaban J connectivity index is 2.61. The summed E-state index contributed by atoms with van der Waals surface area (Å²) in [6.07, 6.45) is 1.41. The van der Waals surface area contributed by atoms with Crippen LogP contribution in [0.5, 0.6) is 17.2 Å². The number of ether oxygens (including phenoxy) is 1. The average Bonchev–Trinajstić information content (AvgIpc) is 2.06. The van der Waals surface area contributed by atoms with Gasteiger partial charge in [-0.3, -0.25) is 0 Å². The summed E-state index contributed by atoms with van der Waals surface area (Å²) in [5, 5.41) is 27.6. The average molecular weight is 180 g/mol. The highest BCUT2D eigenvalue weighted by molar-refractivity contribution is 5.68. The van der Waals surface area contributed by atoms with Crippen LogP contribution < -0.4 is 4.74 Å².